The summed E-state index contributed by atoms with van der Waals surface area (Å²) in [5.41, 5.74) is 0.970. The van der Waals surface area contributed by atoms with Gasteiger partial charge in [0.15, 0.2) is 5.65 Å². The molecule has 0 unspecified atom stereocenters. The highest BCUT2D eigenvalue weighted by Gasteiger charge is 2.48. The minimum atomic E-state index is -1.20. The quantitative estimate of drug-likeness (QED) is 0.171. The second-order valence-corrected chi connectivity index (χ2v) is 24.4. The van der Waals surface area contributed by atoms with E-state index in [4.69, 9.17) is 14.5 Å². The number of urea groups is 1. The van der Waals surface area contributed by atoms with Gasteiger partial charge < -0.3 is 19.7 Å². The van der Waals surface area contributed by atoms with Gasteiger partial charge in [-0.3, -0.25) is 10.1 Å². The highest BCUT2D eigenvalue weighted by atomic mass is 28.3. The second kappa shape index (κ2) is 11.4. The van der Waals surface area contributed by atoms with Crippen LogP contribution >= 0.6 is 0 Å². The van der Waals surface area contributed by atoms with Gasteiger partial charge >= 0.3 is 6.03 Å². The monoisotopic (exact) mass is 560 g/mol. The number of hydrogen-bond donors (Lipinski definition) is 2. The fourth-order valence-corrected chi connectivity index (χ4v) is 6.43. The maximum Gasteiger partial charge on any atom is 0.322 e. The van der Waals surface area contributed by atoms with Crippen LogP contribution in [0.15, 0.2) is 18.3 Å². The lowest BCUT2D eigenvalue weighted by atomic mass is 9.75. The first kappa shape index (κ1) is 28.7. The van der Waals surface area contributed by atoms with Crippen LogP contribution in [0.3, 0.4) is 0 Å². The molecule has 4 rings (SSSR count). The van der Waals surface area contributed by atoms with E-state index in [1.807, 2.05) is 10.6 Å². The molecule has 1 saturated carbocycles. The molecule has 0 aromatic carbocycles. The van der Waals surface area contributed by atoms with Gasteiger partial charge in [-0.15, -0.1) is 0 Å². The Morgan fingerprint density at radius 3 is 2.16 bits per heavy atom. The number of ether oxygens (including phenoxy) is 2. The molecule has 210 valence electrons. The van der Waals surface area contributed by atoms with Crippen molar-refractivity contribution in [1.29, 1.82) is 0 Å². The van der Waals surface area contributed by atoms with Crippen molar-refractivity contribution in [2.45, 2.75) is 88.5 Å². The Morgan fingerprint density at radius 2 is 1.63 bits per heavy atom. The Kier molecular flexibility index (Phi) is 8.65. The summed E-state index contributed by atoms with van der Waals surface area (Å²) in [6.07, 6.45) is 4.49. The minimum Gasteiger partial charge on any atom is -0.361 e. The third-order valence-electron chi connectivity index (χ3n) is 7.44. The average Bonchev–Trinajstić information content (AvgIpc) is 3.40. The van der Waals surface area contributed by atoms with Crippen molar-refractivity contribution < 1.29 is 19.1 Å². The molecule has 2 aromatic heterocycles. The molecule has 2 N–H and O–H groups in total. The first-order valence-corrected chi connectivity index (χ1v) is 21.2. The highest BCUT2D eigenvalue weighted by Crippen LogP contribution is 2.39. The lowest BCUT2D eigenvalue weighted by Gasteiger charge is -2.34. The number of rotatable bonds is 12. The minimum absolute atomic E-state index is 0.187. The fraction of sp³-hybridized carbons (Fsp3) is 0.692. The van der Waals surface area contributed by atoms with E-state index in [1.54, 1.807) is 6.20 Å². The lowest BCUT2D eigenvalue weighted by molar-refractivity contribution is -0.125. The maximum atomic E-state index is 12.4. The van der Waals surface area contributed by atoms with Gasteiger partial charge in [0.2, 0.25) is 0 Å². The molecule has 3 amide bonds. The largest absolute Gasteiger partial charge is 0.361 e. The highest BCUT2D eigenvalue weighted by molar-refractivity contribution is 6.76. The van der Waals surface area contributed by atoms with Crippen molar-refractivity contribution in [3.8, 4) is 0 Å². The van der Waals surface area contributed by atoms with E-state index in [2.05, 4.69) is 66.0 Å². The summed E-state index contributed by atoms with van der Waals surface area (Å²) in [5.74, 6) is 0.869. The van der Waals surface area contributed by atoms with Crippen molar-refractivity contribution in [3.63, 3.8) is 0 Å². The summed E-state index contributed by atoms with van der Waals surface area (Å²) >= 11 is 0. The smallest absolute Gasteiger partial charge is 0.322 e. The van der Waals surface area contributed by atoms with Gasteiger partial charge in [-0.2, -0.15) is 9.61 Å². The molecule has 2 aromatic rings. The van der Waals surface area contributed by atoms with Crippen molar-refractivity contribution in [3.05, 3.63) is 24.0 Å². The molecule has 1 spiro atoms. The van der Waals surface area contributed by atoms with Crippen LogP contribution in [0.4, 0.5) is 10.6 Å². The SMILES string of the molecule is C[Si](C)(C)CCOCN(COCC[Si](C)(C)C)c1cc(C2CCC3(CC2)NC(=O)NC3=O)nc2ccnn12. The number of imide groups is 1. The molecule has 1 aliphatic heterocycles. The van der Waals surface area contributed by atoms with E-state index in [1.165, 1.54) is 0 Å². The lowest BCUT2D eigenvalue weighted by Crippen LogP contribution is -2.49. The standard InChI is InChI=1S/C26H44N6O4Si2/c1-37(2,3)15-13-35-18-31(19-36-14-16-38(4,5)6)23-17-21(28-22-9-12-27-32(22)23)20-7-10-26(11-8-20)24(33)29-25(34)30-26/h9,12,17,20H,7-8,10-11,13-16,18-19H2,1-6H3,(H2,29,30,33,34). The van der Waals surface area contributed by atoms with E-state index in [9.17, 15) is 9.59 Å². The summed E-state index contributed by atoms with van der Waals surface area (Å²) in [7, 11) is -2.40. The number of nitrogens with zero attached hydrogens (tertiary/aromatic N) is 4. The number of aromatic nitrogens is 3. The van der Waals surface area contributed by atoms with Gasteiger partial charge in [-0.25, -0.2) is 9.78 Å². The number of carbonyl (C=O) groups excluding carboxylic acids is 2. The van der Waals surface area contributed by atoms with E-state index < -0.39 is 27.7 Å². The van der Waals surface area contributed by atoms with Gasteiger partial charge in [-0.05, 0) is 37.8 Å². The molecule has 0 radical (unpaired) electrons. The third kappa shape index (κ3) is 7.22. The van der Waals surface area contributed by atoms with Crippen LogP contribution in [0.2, 0.25) is 51.4 Å². The van der Waals surface area contributed by atoms with Crippen molar-refractivity contribution in [2.75, 3.05) is 31.6 Å². The first-order valence-electron chi connectivity index (χ1n) is 13.7. The molecule has 1 aliphatic carbocycles. The van der Waals surface area contributed by atoms with Crippen LogP contribution in [0.1, 0.15) is 37.3 Å². The number of amides is 3. The summed E-state index contributed by atoms with van der Waals surface area (Å²) in [4.78, 5) is 31.2. The number of anilines is 1. The molecule has 3 heterocycles. The zero-order chi connectivity index (χ0) is 27.6. The summed E-state index contributed by atoms with van der Waals surface area (Å²) in [5, 5.41) is 9.80. The van der Waals surface area contributed by atoms with E-state index >= 15 is 0 Å². The molecular weight excluding hydrogens is 516 g/mol. The van der Waals surface area contributed by atoms with Gasteiger partial charge in [0, 0.05) is 53.1 Å². The maximum absolute atomic E-state index is 12.4. The number of nitrogens with one attached hydrogen (secondary N) is 2. The zero-order valence-corrected chi connectivity index (χ0v) is 25.8. The Hall–Kier alpha value is -2.29. The third-order valence-corrected chi connectivity index (χ3v) is 10.9. The average molecular weight is 561 g/mol. The van der Waals surface area contributed by atoms with Crippen LogP contribution in [0.5, 0.6) is 0 Å². The van der Waals surface area contributed by atoms with Crippen molar-refractivity contribution >= 4 is 39.6 Å². The summed E-state index contributed by atoms with van der Waals surface area (Å²) < 4.78 is 14.2. The van der Waals surface area contributed by atoms with Crippen LogP contribution in [0, 0.1) is 0 Å². The normalized spacial score (nSPS) is 22.2. The van der Waals surface area contributed by atoms with Crippen molar-refractivity contribution in [1.82, 2.24) is 25.2 Å². The molecule has 1 saturated heterocycles. The Morgan fingerprint density at radius 1 is 1.03 bits per heavy atom. The number of fused-ring (bicyclic) bond motifs is 1. The fourth-order valence-electron chi connectivity index (χ4n) is 4.91. The predicted molar refractivity (Wildman–Crippen MR) is 154 cm³/mol. The molecular formula is C26H44N6O4Si2. The Labute approximate surface area is 227 Å². The molecule has 12 heteroatoms. The molecule has 2 fully saturated rings. The Balaban J connectivity index is 1.52. The van der Waals surface area contributed by atoms with E-state index in [-0.39, 0.29) is 11.8 Å². The predicted octanol–water partition coefficient (Wildman–Crippen LogP) is 4.40. The van der Waals surface area contributed by atoms with E-state index in [0.29, 0.717) is 26.3 Å². The van der Waals surface area contributed by atoms with E-state index in [0.717, 1.165) is 55.3 Å². The topological polar surface area (TPSA) is 110 Å². The summed E-state index contributed by atoms with van der Waals surface area (Å²) in [6, 6.07) is 5.82. The van der Waals surface area contributed by atoms with Crippen LogP contribution in [-0.4, -0.2) is 74.9 Å². The van der Waals surface area contributed by atoms with Crippen LogP contribution in [0.25, 0.3) is 5.65 Å². The number of hydrogen-bond acceptors (Lipinski definition) is 7. The van der Waals surface area contributed by atoms with Crippen LogP contribution in [-0.2, 0) is 14.3 Å². The second-order valence-electron chi connectivity index (χ2n) is 13.1. The molecule has 0 bridgehead atoms. The Bertz CT molecular complexity index is 1110. The first-order chi connectivity index (χ1) is 17.9. The van der Waals surface area contributed by atoms with Gasteiger partial charge in [0.1, 0.15) is 24.8 Å². The van der Waals surface area contributed by atoms with Gasteiger partial charge in [0.25, 0.3) is 5.91 Å². The molecule has 0 atom stereocenters. The summed E-state index contributed by atoms with van der Waals surface area (Å²) in [6.45, 7) is 16.4. The molecule has 10 nitrogen and oxygen atoms in total. The van der Waals surface area contributed by atoms with Crippen LogP contribution < -0.4 is 15.5 Å². The van der Waals surface area contributed by atoms with Gasteiger partial charge in [0.05, 0.1) is 6.20 Å². The zero-order valence-electron chi connectivity index (χ0n) is 23.8. The van der Waals surface area contributed by atoms with Crippen molar-refractivity contribution in [2.24, 2.45) is 0 Å². The molecule has 38 heavy (non-hydrogen) atoms. The molecule has 2 aliphatic rings. The van der Waals surface area contributed by atoms with Gasteiger partial charge in [-0.1, -0.05) is 39.3 Å². The number of carbonyl (C=O) groups is 2.